The van der Waals surface area contributed by atoms with Crippen LogP contribution in [0.15, 0.2) is 41.6 Å². The molecule has 1 aliphatic rings. The fourth-order valence-electron chi connectivity index (χ4n) is 2.19. The van der Waals surface area contributed by atoms with Gasteiger partial charge in [0.15, 0.2) is 0 Å². The summed E-state index contributed by atoms with van der Waals surface area (Å²) in [5.74, 6) is 0.290. The Morgan fingerprint density at radius 1 is 1.29 bits per heavy atom. The molecule has 8 heteroatoms. The highest BCUT2D eigenvalue weighted by Crippen LogP contribution is 2.35. The summed E-state index contributed by atoms with van der Waals surface area (Å²) in [5.41, 5.74) is 1.20. The van der Waals surface area contributed by atoms with Crippen molar-refractivity contribution in [3.63, 3.8) is 0 Å². The molecule has 0 spiro atoms. The van der Waals surface area contributed by atoms with Crippen LogP contribution in [0.3, 0.4) is 0 Å². The van der Waals surface area contributed by atoms with Gasteiger partial charge in [-0.1, -0.05) is 0 Å². The summed E-state index contributed by atoms with van der Waals surface area (Å²) in [6.07, 6.45) is 3.29. The van der Waals surface area contributed by atoms with Gasteiger partial charge in [-0.15, -0.1) is 11.8 Å². The third kappa shape index (κ3) is 3.83. The maximum absolute atomic E-state index is 12.2. The van der Waals surface area contributed by atoms with E-state index in [1.54, 1.807) is 30.6 Å². The number of hydrogen-bond donors (Lipinski definition) is 3. The Kier molecular flexibility index (Phi) is 4.95. The van der Waals surface area contributed by atoms with Crippen LogP contribution < -0.4 is 16.0 Å². The lowest BCUT2D eigenvalue weighted by Crippen LogP contribution is -2.30. The molecule has 1 aromatic carbocycles. The number of amides is 2. The van der Waals surface area contributed by atoms with E-state index in [2.05, 4.69) is 25.9 Å². The van der Waals surface area contributed by atoms with E-state index in [1.807, 2.05) is 13.0 Å². The zero-order valence-electron chi connectivity index (χ0n) is 13.1. The summed E-state index contributed by atoms with van der Waals surface area (Å²) in [6.45, 7) is 2.81. The lowest BCUT2D eigenvalue weighted by atomic mass is 10.1. The van der Waals surface area contributed by atoms with Crippen molar-refractivity contribution in [2.75, 3.05) is 23.7 Å². The van der Waals surface area contributed by atoms with Crippen molar-refractivity contribution < 1.29 is 9.59 Å². The number of anilines is 2. The molecule has 1 aromatic heterocycles. The minimum atomic E-state index is -0.188. The van der Waals surface area contributed by atoms with Gasteiger partial charge >= 0.3 is 0 Å². The summed E-state index contributed by atoms with van der Waals surface area (Å²) in [7, 11) is 0. The Hall–Kier alpha value is -2.61. The second-order valence-electron chi connectivity index (χ2n) is 5.22. The molecule has 7 nitrogen and oxygen atoms in total. The highest BCUT2D eigenvalue weighted by Gasteiger charge is 2.23. The summed E-state index contributed by atoms with van der Waals surface area (Å²) >= 11 is 1.49. The average molecular weight is 343 g/mol. The van der Waals surface area contributed by atoms with Crippen molar-refractivity contribution in [2.24, 2.45) is 0 Å². The summed E-state index contributed by atoms with van der Waals surface area (Å²) in [6, 6.07) is 7.07. The molecule has 0 bridgehead atoms. The van der Waals surface area contributed by atoms with E-state index in [9.17, 15) is 9.59 Å². The van der Waals surface area contributed by atoms with E-state index < -0.39 is 0 Å². The Bertz CT molecular complexity index is 753. The molecule has 0 aliphatic carbocycles. The molecule has 0 fully saturated rings. The van der Waals surface area contributed by atoms with Gasteiger partial charge in [0.2, 0.25) is 11.9 Å². The van der Waals surface area contributed by atoms with Crippen molar-refractivity contribution in [2.45, 2.75) is 17.1 Å². The summed E-state index contributed by atoms with van der Waals surface area (Å²) in [5, 5.41) is 8.54. The first-order valence-electron chi connectivity index (χ1n) is 7.54. The van der Waals surface area contributed by atoms with Crippen molar-refractivity contribution in [3.8, 4) is 0 Å². The van der Waals surface area contributed by atoms with Gasteiger partial charge in [0.05, 0.1) is 10.9 Å². The number of thioether (sulfide) groups is 1. The van der Waals surface area contributed by atoms with Crippen molar-refractivity contribution >= 4 is 35.2 Å². The third-order valence-corrected chi connectivity index (χ3v) is 4.61. The fraction of sp³-hybridized carbons (Fsp3) is 0.250. The number of nitrogens with zero attached hydrogens (tertiary/aromatic N) is 2. The van der Waals surface area contributed by atoms with Crippen LogP contribution in [0.25, 0.3) is 0 Å². The summed E-state index contributed by atoms with van der Waals surface area (Å²) < 4.78 is 0. The number of rotatable bonds is 5. The Labute approximate surface area is 143 Å². The highest BCUT2D eigenvalue weighted by atomic mass is 32.2. The number of benzene rings is 1. The maximum atomic E-state index is 12.2. The number of fused-ring (bicyclic) bond motifs is 1. The van der Waals surface area contributed by atoms with Crippen molar-refractivity contribution in [1.82, 2.24) is 15.3 Å². The molecule has 1 atom stereocenters. The van der Waals surface area contributed by atoms with Crippen LogP contribution in [0.5, 0.6) is 0 Å². The maximum Gasteiger partial charge on any atom is 0.251 e. The smallest absolute Gasteiger partial charge is 0.251 e. The van der Waals surface area contributed by atoms with E-state index in [-0.39, 0.29) is 17.1 Å². The molecule has 2 aromatic rings. The Morgan fingerprint density at radius 2 is 2.08 bits per heavy atom. The van der Waals surface area contributed by atoms with Crippen molar-refractivity contribution in [3.05, 3.63) is 42.2 Å². The number of hydrogen-bond acceptors (Lipinski definition) is 6. The molecule has 0 saturated heterocycles. The van der Waals surface area contributed by atoms with E-state index in [0.29, 0.717) is 30.3 Å². The van der Waals surface area contributed by atoms with E-state index in [4.69, 9.17) is 0 Å². The molecule has 1 aliphatic heterocycles. The van der Waals surface area contributed by atoms with Crippen LogP contribution in [-0.2, 0) is 4.79 Å². The quantitative estimate of drug-likeness (QED) is 0.716. The standard InChI is InChI=1S/C16H17N5O2S/c1-10-14(22)21-12-9-11(3-4-13(12)24-10)15(23)17-7-8-20-16-18-5-2-6-19-16/h2-6,9-10H,7-8H2,1H3,(H,17,23)(H,21,22)(H,18,19,20)/t10-/m0/s1. The molecule has 0 radical (unpaired) electrons. The molecular formula is C16H17N5O2S. The van der Waals surface area contributed by atoms with Gasteiger partial charge in [0, 0.05) is 35.9 Å². The molecule has 0 saturated carbocycles. The molecule has 124 valence electrons. The molecular weight excluding hydrogens is 326 g/mol. The lowest BCUT2D eigenvalue weighted by Gasteiger charge is -2.21. The van der Waals surface area contributed by atoms with Crippen LogP contribution in [0.4, 0.5) is 11.6 Å². The van der Waals surface area contributed by atoms with Gasteiger partial charge in [-0.05, 0) is 31.2 Å². The molecule has 3 N–H and O–H groups in total. The first kappa shape index (κ1) is 16.3. The SMILES string of the molecule is C[C@@H]1Sc2ccc(C(=O)NCCNc3ncccn3)cc2NC1=O. The Morgan fingerprint density at radius 3 is 2.88 bits per heavy atom. The van der Waals surface area contributed by atoms with Crippen LogP contribution in [0, 0.1) is 0 Å². The van der Waals surface area contributed by atoms with Crippen LogP contribution in [-0.4, -0.2) is 40.1 Å². The first-order chi connectivity index (χ1) is 11.6. The highest BCUT2D eigenvalue weighted by molar-refractivity contribution is 8.00. The topological polar surface area (TPSA) is 96.0 Å². The van der Waals surface area contributed by atoms with Gasteiger partial charge in [0.25, 0.3) is 5.91 Å². The largest absolute Gasteiger partial charge is 0.352 e. The second kappa shape index (κ2) is 7.31. The molecule has 3 rings (SSSR count). The molecule has 2 amide bonds. The average Bonchev–Trinajstić information content (AvgIpc) is 2.60. The van der Waals surface area contributed by atoms with E-state index >= 15 is 0 Å². The zero-order chi connectivity index (χ0) is 16.9. The fourth-order valence-corrected chi connectivity index (χ4v) is 3.12. The predicted octanol–water partition coefficient (Wildman–Crippen LogP) is 1.75. The van der Waals surface area contributed by atoms with Crippen LogP contribution in [0.2, 0.25) is 0 Å². The predicted molar refractivity (Wildman–Crippen MR) is 93.2 cm³/mol. The second-order valence-corrected chi connectivity index (χ2v) is 6.60. The van der Waals surface area contributed by atoms with Gasteiger partial charge in [0.1, 0.15) is 0 Å². The van der Waals surface area contributed by atoms with E-state index in [0.717, 1.165) is 4.90 Å². The zero-order valence-corrected chi connectivity index (χ0v) is 13.9. The number of aromatic nitrogens is 2. The molecule has 2 heterocycles. The minimum absolute atomic E-state index is 0.0443. The van der Waals surface area contributed by atoms with Gasteiger partial charge < -0.3 is 16.0 Å². The monoisotopic (exact) mass is 343 g/mol. The first-order valence-corrected chi connectivity index (χ1v) is 8.42. The van der Waals surface area contributed by atoms with Crippen molar-refractivity contribution in [1.29, 1.82) is 0 Å². The van der Waals surface area contributed by atoms with Crippen LogP contribution >= 0.6 is 11.8 Å². The lowest BCUT2D eigenvalue weighted by molar-refractivity contribution is -0.115. The molecule has 24 heavy (non-hydrogen) atoms. The third-order valence-electron chi connectivity index (χ3n) is 3.43. The van der Waals surface area contributed by atoms with E-state index in [1.165, 1.54) is 11.8 Å². The number of nitrogens with one attached hydrogen (secondary N) is 3. The number of carbonyl (C=O) groups is 2. The van der Waals surface area contributed by atoms with Crippen LogP contribution in [0.1, 0.15) is 17.3 Å². The molecule has 0 unspecified atom stereocenters. The normalized spacial score (nSPS) is 16.0. The van der Waals surface area contributed by atoms with Gasteiger partial charge in [-0.25, -0.2) is 9.97 Å². The summed E-state index contributed by atoms with van der Waals surface area (Å²) in [4.78, 5) is 33.0. The van der Waals surface area contributed by atoms with Gasteiger partial charge in [-0.2, -0.15) is 0 Å². The number of carbonyl (C=O) groups excluding carboxylic acids is 2. The van der Waals surface area contributed by atoms with Gasteiger partial charge in [-0.3, -0.25) is 9.59 Å². The Balaban J connectivity index is 1.54. The minimum Gasteiger partial charge on any atom is -0.352 e.